The van der Waals surface area contributed by atoms with E-state index >= 15 is 0 Å². The zero-order valence-corrected chi connectivity index (χ0v) is 16.9. The molecule has 0 unspecified atom stereocenters. The van der Waals surface area contributed by atoms with Crippen LogP contribution in [0.4, 0.5) is 11.5 Å². The number of aryl methyl sites for hydroxylation is 1. The lowest BCUT2D eigenvalue weighted by atomic mass is 10.0. The summed E-state index contributed by atoms with van der Waals surface area (Å²) in [4.78, 5) is 16.9. The lowest BCUT2D eigenvalue weighted by Crippen LogP contribution is -2.55. The fourth-order valence-electron chi connectivity index (χ4n) is 4.84. The van der Waals surface area contributed by atoms with Crippen LogP contribution in [-0.2, 0) is 0 Å². The van der Waals surface area contributed by atoms with Gasteiger partial charge in [-0.2, -0.15) is 0 Å². The SMILES string of the molecule is Cc1ccccc1N1CCN([C@@H]2CCCN(c3cc(C4CC4)ncn3)C2)CC1. The summed E-state index contributed by atoms with van der Waals surface area (Å²) < 4.78 is 0. The molecule has 1 atom stereocenters. The number of piperazine rings is 1. The second-order valence-electron chi connectivity index (χ2n) is 8.63. The first kappa shape index (κ1) is 17.9. The summed E-state index contributed by atoms with van der Waals surface area (Å²) in [7, 11) is 0. The zero-order valence-electron chi connectivity index (χ0n) is 16.9. The van der Waals surface area contributed by atoms with Crippen molar-refractivity contribution in [2.24, 2.45) is 0 Å². The Hall–Kier alpha value is -2.14. The molecule has 5 heteroatoms. The van der Waals surface area contributed by atoms with Crippen molar-refractivity contribution in [1.29, 1.82) is 0 Å². The summed E-state index contributed by atoms with van der Waals surface area (Å²) in [5.41, 5.74) is 4.04. The predicted molar refractivity (Wildman–Crippen MR) is 114 cm³/mol. The predicted octanol–water partition coefficient (Wildman–Crippen LogP) is 3.45. The molecule has 1 aromatic carbocycles. The fourth-order valence-corrected chi connectivity index (χ4v) is 4.84. The summed E-state index contributed by atoms with van der Waals surface area (Å²) in [6, 6.07) is 11.7. The average Bonchev–Trinajstić information content (AvgIpc) is 3.60. The van der Waals surface area contributed by atoms with Crippen molar-refractivity contribution in [2.45, 2.75) is 44.6 Å². The molecular weight excluding hydrogens is 346 g/mol. The van der Waals surface area contributed by atoms with E-state index in [0.717, 1.165) is 45.1 Å². The maximum atomic E-state index is 4.60. The molecule has 0 amide bonds. The van der Waals surface area contributed by atoms with Gasteiger partial charge in [0.1, 0.15) is 12.1 Å². The molecule has 148 valence electrons. The third kappa shape index (κ3) is 3.72. The Morgan fingerprint density at radius 2 is 1.71 bits per heavy atom. The van der Waals surface area contributed by atoms with Gasteiger partial charge in [-0.15, -0.1) is 0 Å². The van der Waals surface area contributed by atoms with E-state index in [9.17, 15) is 0 Å². The number of piperidine rings is 1. The van der Waals surface area contributed by atoms with E-state index in [2.05, 4.69) is 61.9 Å². The van der Waals surface area contributed by atoms with Crippen LogP contribution < -0.4 is 9.80 Å². The van der Waals surface area contributed by atoms with Crippen LogP contribution in [0.25, 0.3) is 0 Å². The van der Waals surface area contributed by atoms with E-state index in [1.807, 2.05) is 0 Å². The molecule has 0 bridgehead atoms. The van der Waals surface area contributed by atoms with Gasteiger partial charge in [-0.25, -0.2) is 9.97 Å². The van der Waals surface area contributed by atoms with Crippen LogP contribution in [0.5, 0.6) is 0 Å². The Bertz CT molecular complexity index is 810. The average molecular weight is 378 g/mol. The van der Waals surface area contributed by atoms with E-state index in [0.29, 0.717) is 12.0 Å². The maximum absolute atomic E-state index is 4.60. The maximum Gasteiger partial charge on any atom is 0.132 e. The highest BCUT2D eigenvalue weighted by Crippen LogP contribution is 2.39. The minimum Gasteiger partial charge on any atom is -0.369 e. The molecule has 3 heterocycles. The topological polar surface area (TPSA) is 35.5 Å². The number of anilines is 2. The van der Waals surface area contributed by atoms with E-state index in [-0.39, 0.29) is 0 Å². The normalized spacial score (nSPS) is 23.8. The van der Waals surface area contributed by atoms with Crippen LogP contribution in [0.15, 0.2) is 36.7 Å². The summed E-state index contributed by atoms with van der Waals surface area (Å²) in [5, 5.41) is 0. The van der Waals surface area contributed by atoms with Gasteiger partial charge in [0, 0.05) is 68.7 Å². The zero-order chi connectivity index (χ0) is 18.9. The van der Waals surface area contributed by atoms with Crippen LogP contribution in [0.2, 0.25) is 0 Å². The molecule has 2 aliphatic heterocycles. The second-order valence-corrected chi connectivity index (χ2v) is 8.63. The van der Waals surface area contributed by atoms with Crippen molar-refractivity contribution in [3.05, 3.63) is 47.9 Å². The number of hydrogen-bond acceptors (Lipinski definition) is 5. The van der Waals surface area contributed by atoms with Gasteiger partial charge in [-0.05, 0) is 44.2 Å². The van der Waals surface area contributed by atoms with E-state index in [1.165, 1.54) is 42.6 Å². The molecule has 1 aromatic heterocycles. The van der Waals surface area contributed by atoms with Gasteiger partial charge in [-0.1, -0.05) is 18.2 Å². The molecule has 1 saturated carbocycles. The standard InChI is InChI=1S/C23H31N5/c1-18-5-2-3-7-22(18)27-13-11-26(12-14-27)20-6-4-10-28(16-20)23-15-21(19-8-9-19)24-17-25-23/h2-3,5,7,15,17,19-20H,4,6,8-14,16H2,1H3/t20-/m1/s1. The number of aromatic nitrogens is 2. The van der Waals surface area contributed by atoms with Crippen molar-refractivity contribution in [3.8, 4) is 0 Å². The molecule has 3 fully saturated rings. The lowest BCUT2D eigenvalue weighted by Gasteiger charge is -2.44. The van der Waals surface area contributed by atoms with Crippen molar-refractivity contribution in [2.75, 3.05) is 49.1 Å². The van der Waals surface area contributed by atoms with Crippen LogP contribution in [-0.4, -0.2) is 60.2 Å². The first-order chi connectivity index (χ1) is 13.8. The highest BCUT2D eigenvalue weighted by atomic mass is 15.3. The molecule has 28 heavy (non-hydrogen) atoms. The Morgan fingerprint density at radius 3 is 2.50 bits per heavy atom. The van der Waals surface area contributed by atoms with Crippen molar-refractivity contribution in [3.63, 3.8) is 0 Å². The van der Waals surface area contributed by atoms with E-state index in [4.69, 9.17) is 0 Å². The first-order valence-corrected chi connectivity index (χ1v) is 10.9. The monoisotopic (exact) mass is 377 g/mol. The Balaban J connectivity index is 1.21. The van der Waals surface area contributed by atoms with Crippen molar-refractivity contribution < 1.29 is 0 Å². The van der Waals surface area contributed by atoms with Crippen LogP contribution >= 0.6 is 0 Å². The van der Waals surface area contributed by atoms with Crippen LogP contribution in [0, 0.1) is 6.92 Å². The Morgan fingerprint density at radius 1 is 0.893 bits per heavy atom. The molecule has 3 aliphatic rings. The Labute approximate surface area is 168 Å². The molecule has 2 saturated heterocycles. The van der Waals surface area contributed by atoms with Crippen molar-refractivity contribution >= 4 is 11.5 Å². The number of benzene rings is 1. The van der Waals surface area contributed by atoms with Gasteiger partial charge in [0.05, 0.1) is 0 Å². The third-order valence-corrected chi connectivity index (χ3v) is 6.68. The minimum absolute atomic E-state index is 0.645. The molecule has 1 aliphatic carbocycles. The molecule has 0 N–H and O–H groups in total. The smallest absolute Gasteiger partial charge is 0.132 e. The highest BCUT2D eigenvalue weighted by molar-refractivity contribution is 5.53. The number of rotatable bonds is 4. The lowest BCUT2D eigenvalue weighted by molar-refractivity contribution is 0.166. The molecule has 2 aromatic rings. The molecule has 5 rings (SSSR count). The van der Waals surface area contributed by atoms with Crippen LogP contribution in [0.3, 0.4) is 0 Å². The van der Waals surface area contributed by atoms with Gasteiger partial charge in [0.25, 0.3) is 0 Å². The van der Waals surface area contributed by atoms with Gasteiger partial charge in [-0.3, -0.25) is 4.90 Å². The van der Waals surface area contributed by atoms with Gasteiger partial charge in [0.2, 0.25) is 0 Å². The molecule has 0 spiro atoms. The number of para-hydroxylation sites is 1. The summed E-state index contributed by atoms with van der Waals surface area (Å²) in [5.74, 6) is 1.83. The fraction of sp³-hybridized carbons (Fsp3) is 0.565. The van der Waals surface area contributed by atoms with Crippen molar-refractivity contribution in [1.82, 2.24) is 14.9 Å². The summed E-state index contributed by atoms with van der Waals surface area (Å²) in [6.45, 7) is 9.01. The van der Waals surface area contributed by atoms with E-state index < -0.39 is 0 Å². The third-order valence-electron chi connectivity index (χ3n) is 6.68. The molecule has 5 nitrogen and oxygen atoms in total. The van der Waals surface area contributed by atoms with Crippen LogP contribution in [0.1, 0.15) is 42.9 Å². The molecular formula is C23H31N5. The van der Waals surface area contributed by atoms with Gasteiger partial charge < -0.3 is 9.80 Å². The van der Waals surface area contributed by atoms with E-state index in [1.54, 1.807) is 6.33 Å². The largest absolute Gasteiger partial charge is 0.369 e. The summed E-state index contributed by atoms with van der Waals surface area (Å²) in [6.07, 6.45) is 6.93. The number of hydrogen-bond donors (Lipinski definition) is 0. The Kier molecular flexibility index (Phi) is 4.93. The first-order valence-electron chi connectivity index (χ1n) is 10.9. The van der Waals surface area contributed by atoms with Gasteiger partial charge >= 0.3 is 0 Å². The minimum atomic E-state index is 0.645. The quantitative estimate of drug-likeness (QED) is 0.815. The second kappa shape index (κ2) is 7.70. The van der Waals surface area contributed by atoms with Gasteiger partial charge in [0.15, 0.2) is 0 Å². The summed E-state index contributed by atoms with van der Waals surface area (Å²) >= 11 is 0. The highest BCUT2D eigenvalue weighted by Gasteiger charge is 2.30. The molecule has 0 radical (unpaired) electrons. The number of nitrogens with zero attached hydrogens (tertiary/aromatic N) is 5.